The topological polar surface area (TPSA) is 157 Å². The van der Waals surface area contributed by atoms with Gasteiger partial charge in [0.2, 0.25) is 0 Å². The summed E-state index contributed by atoms with van der Waals surface area (Å²) in [5.74, 6) is 2.28. The van der Waals surface area contributed by atoms with Gasteiger partial charge in [-0.1, -0.05) is 18.9 Å². The molecular formula is C30H43N3O12S. The van der Waals surface area contributed by atoms with Crippen LogP contribution in [0.2, 0.25) is 0 Å². The minimum absolute atomic E-state index is 0.00201. The maximum atomic E-state index is 10.9. The van der Waals surface area contributed by atoms with Crippen LogP contribution in [0.5, 0.6) is 23.3 Å². The lowest BCUT2D eigenvalue weighted by atomic mass is 9.98. The highest BCUT2D eigenvalue weighted by molar-refractivity contribution is 7.85. The lowest BCUT2D eigenvalue weighted by Gasteiger charge is -2.19. The van der Waals surface area contributed by atoms with E-state index < -0.39 is 10.1 Å². The first-order valence-corrected chi connectivity index (χ1v) is 16.2. The van der Waals surface area contributed by atoms with Crippen molar-refractivity contribution >= 4 is 10.1 Å². The van der Waals surface area contributed by atoms with Crippen molar-refractivity contribution in [1.29, 1.82) is 0 Å². The Balaban J connectivity index is 1.75. The van der Waals surface area contributed by atoms with Crippen LogP contribution in [0, 0.1) is 0 Å². The Morgan fingerprint density at radius 3 is 1.91 bits per heavy atom. The molecule has 0 atom stereocenters. The van der Waals surface area contributed by atoms with E-state index in [2.05, 4.69) is 28.2 Å². The van der Waals surface area contributed by atoms with E-state index in [1.807, 2.05) is 30.3 Å². The molecule has 3 rings (SSSR count). The normalized spacial score (nSPS) is 11.6. The molecule has 0 saturated heterocycles. The number of benzene rings is 2. The minimum atomic E-state index is -3.47. The summed E-state index contributed by atoms with van der Waals surface area (Å²) < 4.78 is 77.8. The van der Waals surface area contributed by atoms with Gasteiger partial charge in [-0.05, 0) is 41.8 Å². The van der Waals surface area contributed by atoms with Crippen molar-refractivity contribution in [1.82, 2.24) is 14.8 Å². The zero-order chi connectivity index (χ0) is 33.4. The third-order valence-corrected chi connectivity index (χ3v) is 6.66. The number of ether oxygens (including phenoxy) is 9. The molecular weight excluding hydrogens is 626 g/mol. The Morgan fingerprint density at radius 1 is 0.717 bits per heavy atom. The van der Waals surface area contributed by atoms with E-state index in [1.54, 1.807) is 17.7 Å². The van der Waals surface area contributed by atoms with Gasteiger partial charge < -0.3 is 42.6 Å². The van der Waals surface area contributed by atoms with Gasteiger partial charge >= 0.3 is 6.01 Å². The van der Waals surface area contributed by atoms with Crippen molar-refractivity contribution in [3.05, 3.63) is 42.0 Å². The van der Waals surface area contributed by atoms with Crippen molar-refractivity contribution < 1.29 is 55.2 Å². The van der Waals surface area contributed by atoms with Gasteiger partial charge in [-0.3, -0.25) is 4.18 Å². The molecule has 0 radical (unpaired) electrons. The summed E-state index contributed by atoms with van der Waals surface area (Å²) in [6.45, 7) is 5.56. The van der Waals surface area contributed by atoms with Gasteiger partial charge in [0.25, 0.3) is 10.1 Å². The van der Waals surface area contributed by atoms with Crippen molar-refractivity contribution in [3.8, 4) is 40.3 Å². The highest BCUT2D eigenvalue weighted by atomic mass is 32.2. The summed E-state index contributed by atoms with van der Waals surface area (Å²) in [4.78, 5) is 0. The molecule has 46 heavy (non-hydrogen) atoms. The zero-order valence-electron chi connectivity index (χ0n) is 27.1. The van der Waals surface area contributed by atoms with Crippen molar-refractivity contribution in [2.45, 2.75) is 19.8 Å². The first-order chi connectivity index (χ1) is 22.2. The average molecular weight is 670 g/mol. The Hall–Kier alpha value is -3.51. The highest BCUT2D eigenvalue weighted by Crippen LogP contribution is 2.40. The molecule has 0 aliphatic heterocycles. The fourth-order valence-electron chi connectivity index (χ4n) is 4.05. The van der Waals surface area contributed by atoms with E-state index in [-0.39, 0.29) is 45.5 Å². The summed E-state index contributed by atoms with van der Waals surface area (Å²) in [6.07, 6.45) is 0.989. The van der Waals surface area contributed by atoms with Gasteiger partial charge in [-0.15, -0.1) is 5.10 Å². The van der Waals surface area contributed by atoms with E-state index in [9.17, 15) is 8.42 Å². The van der Waals surface area contributed by atoms with Crippen LogP contribution in [0.25, 0.3) is 17.1 Å². The molecule has 0 bridgehead atoms. The number of methoxy groups -OCH3 is 3. The van der Waals surface area contributed by atoms with E-state index in [0.717, 1.165) is 11.8 Å². The van der Waals surface area contributed by atoms with Crippen molar-refractivity contribution in [2.75, 3.05) is 87.6 Å². The Kier molecular flexibility index (Phi) is 15.4. The molecule has 0 unspecified atom stereocenters. The van der Waals surface area contributed by atoms with Crippen LogP contribution in [0.1, 0.15) is 25.3 Å². The molecule has 0 saturated carbocycles. The molecule has 16 heteroatoms. The van der Waals surface area contributed by atoms with Crippen LogP contribution in [-0.2, 0) is 38.0 Å². The molecule has 1 heterocycles. The van der Waals surface area contributed by atoms with Crippen molar-refractivity contribution in [3.63, 3.8) is 0 Å². The third kappa shape index (κ3) is 11.7. The van der Waals surface area contributed by atoms with E-state index in [0.29, 0.717) is 60.8 Å². The number of aromatic nitrogens is 3. The maximum absolute atomic E-state index is 10.9. The van der Waals surface area contributed by atoms with E-state index in [1.165, 1.54) is 14.2 Å². The molecule has 0 N–H and O–H groups in total. The van der Waals surface area contributed by atoms with E-state index in [4.69, 9.17) is 42.6 Å². The van der Waals surface area contributed by atoms with Crippen LogP contribution < -0.4 is 18.9 Å². The van der Waals surface area contributed by atoms with Gasteiger partial charge in [-0.2, -0.15) is 8.42 Å². The fraction of sp³-hybridized carbons (Fsp3) is 0.533. The van der Waals surface area contributed by atoms with Gasteiger partial charge in [-0.25, -0.2) is 4.57 Å². The zero-order valence-corrected chi connectivity index (χ0v) is 27.9. The Bertz CT molecular complexity index is 1430. The molecule has 2 aromatic carbocycles. The highest BCUT2D eigenvalue weighted by Gasteiger charge is 2.24. The molecule has 0 fully saturated rings. The van der Waals surface area contributed by atoms with Crippen molar-refractivity contribution in [2.24, 2.45) is 0 Å². The van der Waals surface area contributed by atoms with Crippen LogP contribution in [0.4, 0.5) is 0 Å². The first kappa shape index (κ1) is 37.0. The molecule has 0 aliphatic rings. The summed E-state index contributed by atoms with van der Waals surface area (Å²) >= 11 is 0. The van der Waals surface area contributed by atoms with Gasteiger partial charge in [0, 0.05) is 27.4 Å². The number of nitrogens with zero attached hydrogens (tertiary/aromatic N) is 3. The number of hydrogen-bond acceptors (Lipinski definition) is 14. The monoisotopic (exact) mass is 669 g/mol. The predicted molar refractivity (Wildman–Crippen MR) is 166 cm³/mol. The van der Waals surface area contributed by atoms with Gasteiger partial charge in [0.15, 0.2) is 26.2 Å². The maximum Gasteiger partial charge on any atom is 0.324 e. The molecule has 0 aliphatic carbocycles. The SMILES string of the molecule is COCOc1cc(OCOC)c(C(C)C)cc1-c1nnc(OCOC)n1-c1ccc(OCCOCCOCCOS(C)(=O)=O)cc1. The number of hydrogen-bond donors (Lipinski definition) is 0. The molecule has 3 aromatic rings. The second-order valence-corrected chi connectivity index (χ2v) is 11.6. The Morgan fingerprint density at radius 2 is 1.30 bits per heavy atom. The predicted octanol–water partition coefficient (Wildman–Crippen LogP) is 3.39. The summed E-state index contributed by atoms with van der Waals surface area (Å²) in [5.41, 5.74) is 2.27. The smallest absolute Gasteiger partial charge is 0.324 e. The quantitative estimate of drug-likeness (QED) is 0.0822. The fourth-order valence-corrected chi connectivity index (χ4v) is 4.42. The molecule has 1 aromatic heterocycles. The second kappa shape index (κ2) is 19.2. The number of rotatable bonds is 23. The van der Waals surface area contributed by atoms with E-state index >= 15 is 0 Å². The van der Waals surface area contributed by atoms with Crippen LogP contribution in [-0.4, -0.2) is 111 Å². The first-order valence-electron chi connectivity index (χ1n) is 14.4. The summed E-state index contributed by atoms with van der Waals surface area (Å²) in [6, 6.07) is 11.3. The lowest BCUT2D eigenvalue weighted by molar-refractivity contribution is 0.0280. The largest absolute Gasteiger partial charge is 0.491 e. The molecule has 256 valence electrons. The second-order valence-electron chi connectivity index (χ2n) is 9.93. The summed E-state index contributed by atoms with van der Waals surface area (Å²) in [5, 5.41) is 8.76. The molecule has 0 spiro atoms. The molecule has 15 nitrogen and oxygen atoms in total. The van der Waals surface area contributed by atoms with Crippen LogP contribution in [0.3, 0.4) is 0 Å². The van der Waals surface area contributed by atoms with Crippen LogP contribution in [0.15, 0.2) is 36.4 Å². The standard InChI is InChI=1S/C30H43N3O12S/c1-22(2)25-17-26(28(43-20-37-4)18-27(25)42-19-36-3)29-31-32-30(44-21-38-5)33(29)23-7-9-24(10-8-23)41-15-13-39-11-12-40-14-16-45-46(6,34)35/h7-10,17-18,22H,11-16,19-21H2,1-6H3. The average Bonchev–Trinajstić information content (AvgIpc) is 3.45. The summed E-state index contributed by atoms with van der Waals surface area (Å²) in [7, 11) is 1.15. The minimum Gasteiger partial charge on any atom is -0.491 e. The molecule has 0 amide bonds. The Labute approximate surface area is 269 Å². The lowest BCUT2D eigenvalue weighted by Crippen LogP contribution is -2.14. The van der Waals surface area contributed by atoms with Gasteiger partial charge in [0.1, 0.15) is 23.9 Å². The van der Waals surface area contributed by atoms with Crippen LogP contribution >= 0.6 is 0 Å². The third-order valence-electron chi connectivity index (χ3n) is 6.07. The van der Waals surface area contributed by atoms with Gasteiger partial charge in [0.05, 0.1) is 50.5 Å².